The minimum Gasteiger partial charge on any atom is -0.338 e. The average Bonchev–Trinajstić information content (AvgIpc) is 3.26. The predicted molar refractivity (Wildman–Crippen MR) is 104 cm³/mol. The highest BCUT2D eigenvalue weighted by Gasteiger charge is 2.19. The number of nitrogens with one attached hydrogen (secondary N) is 1. The first kappa shape index (κ1) is 20.0. The third-order valence-corrected chi connectivity index (χ3v) is 6.07. The fourth-order valence-electron chi connectivity index (χ4n) is 2.00. The number of hydrogen-bond donors (Lipinski definition) is 1. The van der Waals surface area contributed by atoms with Gasteiger partial charge in [-0.05, 0) is 31.2 Å². The van der Waals surface area contributed by atoms with Crippen molar-refractivity contribution in [3.8, 4) is 0 Å². The van der Waals surface area contributed by atoms with E-state index < -0.39 is 5.76 Å². The highest BCUT2D eigenvalue weighted by molar-refractivity contribution is 8.01. The summed E-state index contributed by atoms with van der Waals surface area (Å²) in [5.74, 6) is -0.974. The summed E-state index contributed by atoms with van der Waals surface area (Å²) in [5.41, 5.74) is 0.757. The van der Waals surface area contributed by atoms with Gasteiger partial charge in [0.15, 0.2) is 10.2 Å². The SMILES string of the molecule is CC(C)c1noc(C(C)Sc2nnc(Nc3ccc(SC(F)F)cc3)s2)n1. The standard InChI is InChI=1S/C16H17F2N5OS3/c1-8(2)12-20-13(24-23-12)9(3)25-16-22-21-15(27-16)19-10-4-6-11(7-5-10)26-14(17)18/h4-9,14H,1-3H3,(H,19,21). The van der Waals surface area contributed by atoms with Crippen LogP contribution in [0.3, 0.4) is 0 Å². The van der Waals surface area contributed by atoms with E-state index in [1.54, 1.807) is 24.3 Å². The Morgan fingerprint density at radius 1 is 1.07 bits per heavy atom. The lowest BCUT2D eigenvalue weighted by Gasteiger charge is -2.04. The van der Waals surface area contributed by atoms with Gasteiger partial charge in [-0.3, -0.25) is 0 Å². The van der Waals surface area contributed by atoms with Gasteiger partial charge >= 0.3 is 0 Å². The Morgan fingerprint density at radius 3 is 2.44 bits per heavy atom. The Bertz CT molecular complexity index is 869. The lowest BCUT2D eigenvalue weighted by molar-refractivity contribution is 0.252. The molecule has 1 atom stereocenters. The van der Waals surface area contributed by atoms with Gasteiger partial charge in [0.2, 0.25) is 11.0 Å². The van der Waals surface area contributed by atoms with E-state index in [9.17, 15) is 8.78 Å². The van der Waals surface area contributed by atoms with E-state index in [4.69, 9.17) is 4.52 Å². The summed E-state index contributed by atoms with van der Waals surface area (Å²) < 4.78 is 30.8. The zero-order chi connectivity index (χ0) is 19.4. The van der Waals surface area contributed by atoms with Gasteiger partial charge in [-0.25, -0.2) is 0 Å². The summed E-state index contributed by atoms with van der Waals surface area (Å²) in [5, 5.41) is 15.9. The van der Waals surface area contributed by atoms with Gasteiger partial charge in [-0.2, -0.15) is 13.8 Å². The lowest BCUT2D eigenvalue weighted by atomic mass is 10.2. The number of benzene rings is 1. The van der Waals surface area contributed by atoms with Crippen molar-refractivity contribution in [3.63, 3.8) is 0 Å². The monoisotopic (exact) mass is 429 g/mol. The topological polar surface area (TPSA) is 76.7 Å². The molecule has 0 spiro atoms. The number of rotatable bonds is 8. The van der Waals surface area contributed by atoms with E-state index in [1.807, 2.05) is 20.8 Å². The maximum Gasteiger partial charge on any atom is 0.288 e. The molecule has 0 amide bonds. The molecule has 0 aliphatic heterocycles. The van der Waals surface area contributed by atoms with Crippen molar-refractivity contribution in [3.05, 3.63) is 36.0 Å². The normalized spacial score (nSPS) is 12.7. The van der Waals surface area contributed by atoms with Crippen LogP contribution in [0.25, 0.3) is 0 Å². The molecule has 144 valence electrons. The Hall–Kier alpha value is -1.72. The molecular weight excluding hydrogens is 412 g/mol. The summed E-state index contributed by atoms with van der Waals surface area (Å²) in [6, 6.07) is 6.74. The first-order valence-corrected chi connectivity index (χ1v) is 10.6. The molecule has 3 aromatic rings. The smallest absolute Gasteiger partial charge is 0.288 e. The average molecular weight is 430 g/mol. The molecule has 1 aromatic carbocycles. The first-order chi connectivity index (χ1) is 12.9. The summed E-state index contributed by atoms with van der Waals surface area (Å²) in [6.07, 6.45) is 0. The highest BCUT2D eigenvalue weighted by atomic mass is 32.2. The fraction of sp³-hybridized carbons (Fsp3) is 0.375. The minimum atomic E-state index is -2.43. The van der Waals surface area contributed by atoms with E-state index in [1.165, 1.54) is 23.1 Å². The van der Waals surface area contributed by atoms with Crippen LogP contribution < -0.4 is 5.32 Å². The second-order valence-electron chi connectivity index (χ2n) is 5.81. The molecule has 1 unspecified atom stereocenters. The third kappa shape index (κ3) is 5.63. The van der Waals surface area contributed by atoms with E-state index in [0.29, 0.717) is 33.5 Å². The second kappa shape index (κ2) is 8.98. The van der Waals surface area contributed by atoms with Gasteiger partial charge in [0.25, 0.3) is 5.76 Å². The number of nitrogens with zero attached hydrogens (tertiary/aromatic N) is 4. The van der Waals surface area contributed by atoms with Crippen LogP contribution in [0.4, 0.5) is 19.6 Å². The Morgan fingerprint density at radius 2 is 1.81 bits per heavy atom. The van der Waals surface area contributed by atoms with E-state index >= 15 is 0 Å². The molecule has 0 fully saturated rings. The number of hydrogen-bond acceptors (Lipinski definition) is 9. The molecule has 0 saturated heterocycles. The molecule has 3 rings (SSSR count). The second-order valence-corrected chi connectivity index (χ2v) is 9.44. The molecule has 1 N–H and O–H groups in total. The van der Waals surface area contributed by atoms with Crippen molar-refractivity contribution in [2.75, 3.05) is 5.32 Å². The zero-order valence-corrected chi connectivity index (χ0v) is 17.2. The van der Waals surface area contributed by atoms with Crippen molar-refractivity contribution >= 4 is 45.7 Å². The van der Waals surface area contributed by atoms with Gasteiger partial charge in [0.1, 0.15) is 0 Å². The molecule has 0 bridgehead atoms. The zero-order valence-electron chi connectivity index (χ0n) is 14.7. The van der Waals surface area contributed by atoms with Crippen LogP contribution in [-0.2, 0) is 0 Å². The number of halogens is 2. The highest BCUT2D eigenvalue weighted by Crippen LogP contribution is 2.37. The molecule has 6 nitrogen and oxygen atoms in total. The molecule has 0 aliphatic rings. The van der Waals surface area contributed by atoms with Crippen LogP contribution in [0, 0.1) is 0 Å². The molecule has 2 heterocycles. The number of thioether (sulfide) groups is 2. The quantitative estimate of drug-likeness (QED) is 0.440. The van der Waals surface area contributed by atoms with Crippen molar-refractivity contribution in [1.29, 1.82) is 0 Å². The molecule has 0 saturated carbocycles. The predicted octanol–water partition coefficient (Wildman–Crippen LogP) is 5.96. The number of anilines is 2. The van der Waals surface area contributed by atoms with Crippen molar-refractivity contribution in [2.45, 2.75) is 46.9 Å². The van der Waals surface area contributed by atoms with Crippen molar-refractivity contribution in [1.82, 2.24) is 20.3 Å². The summed E-state index contributed by atoms with van der Waals surface area (Å²) in [4.78, 5) is 4.91. The van der Waals surface area contributed by atoms with E-state index in [2.05, 4.69) is 25.7 Å². The van der Waals surface area contributed by atoms with Crippen LogP contribution in [-0.4, -0.2) is 26.1 Å². The van der Waals surface area contributed by atoms with Gasteiger partial charge in [0, 0.05) is 16.5 Å². The molecular formula is C16H17F2N5OS3. The lowest BCUT2D eigenvalue weighted by Crippen LogP contribution is -1.92. The van der Waals surface area contributed by atoms with Gasteiger partial charge in [-0.1, -0.05) is 53.9 Å². The van der Waals surface area contributed by atoms with Crippen LogP contribution in [0.2, 0.25) is 0 Å². The molecule has 0 radical (unpaired) electrons. The van der Waals surface area contributed by atoms with Crippen molar-refractivity contribution < 1.29 is 13.3 Å². The van der Waals surface area contributed by atoms with Crippen LogP contribution in [0.1, 0.15) is 43.7 Å². The Balaban J connectivity index is 1.59. The fourth-order valence-corrected chi connectivity index (χ4v) is 4.45. The minimum absolute atomic E-state index is 0.0449. The maximum absolute atomic E-state index is 12.4. The first-order valence-electron chi connectivity index (χ1n) is 8.06. The van der Waals surface area contributed by atoms with Crippen molar-refractivity contribution in [2.24, 2.45) is 0 Å². The molecule has 2 aromatic heterocycles. The Labute approximate surface area is 167 Å². The van der Waals surface area contributed by atoms with Crippen LogP contribution >= 0.6 is 34.9 Å². The third-order valence-electron chi connectivity index (χ3n) is 3.34. The van der Waals surface area contributed by atoms with E-state index in [0.717, 1.165) is 10.0 Å². The largest absolute Gasteiger partial charge is 0.338 e. The molecule has 0 aliphatic carbocycles. The van der Waals surface area contributed by atoms with Gasteiger partial charge in [0.05, 0.1) is 5.25 Å². The van der Waals surface area contributed by atoms with E-state index in [-0.39, 0.29) is 11.2 Å². The summed E-state index contributed by atoms with van der Waals surface area (Å²) >= 11 is 3.39. The maximum atomic E-state index is 12.4. The number of alkyl halides is 2. The number of aromatic nitrogens is 4. The van der Waals surface area contributed by atoms with Gasteiger partial charge in [-0.15, -0.1) is 10.2 Å². The van der Waals surface area contributed by atoms with Gasteiger partial charge < -0.3 is 9.84 Å². The molecule has 11 heteroatoms. The summed E-state index contributed by atoms with van der Waals surface area (Å²) in [7, 11) is 0. The Kier molecular flexibility index (Phi) is 6.66. The molecule has 27 heavy (non-hydrogen) atoms. The summed E-state index contributed by atoms with van der Waals surface area (Å²) in [6.45, 7) is 5.98. The van der Waals surface area contributed by atoms with Crippen LogP contribution in [0.5, 0.6) is 0 Å². The van der Waals surface area contributed by atoms with Crippen LogP contribution in [0.15, 0.2) is 38.0 Å².